The molecule has 1 rings (SSSR count). The number of aromatic nitrogens is 2. The summed E-state index contributed by atoms with van der Waals surface area (Å²) in [5, 5.41) is 0. The fourth-order valence-electron chi connectivity index (χ4n) is 0.895. The van der Waals surface area contributed by atoms with Crippen molar-refractivity contribution >= 4 is 5.69 Å². The second kappa shape index (κ2) is 4.64. The first-order chi connectivity index (χ1) is 6.69. The highest BCUT2D eigenvalue weighted by atomic mass is 16.5. The molecule has 1 atom stereocenters. The summed E-state index contributed by atoms with van der Waals surface area (Å²) in [6, 6.07) is 0. The number of ether oxygens (including phenoxy) is 2. The predicted octanol–water partition coefficient (Wildman–Crippen LogP) is 1.24. The molecule has 1 aromatic rings. The van der Waals surface area contributed by atoms with Crippen LogP contribution >= 0.6 is 0 Å². The molecule has 0 fully saturated rings. The first-order valence-corrected chi connectivity index (χ1v) is 4.50. The Morgan fingerprint density at radius 2 is 2.07 bits per heavy atom. The number of anilines is 1. The highest BCUT2D eigenvalue weighted by molar-refractivity contribution is 5.55. The summed E-state index contributed by atoms with van der Waals surface area (Å²) in [5.74, 6) is 0.726. The van der Waals surface area contributed by atoms with Crippen molar-refractivity contribution in [2.75, 3.05) is 12.8 Å². The van der Waals surface area contributed by atoms with Crippen LogP contribution < -0.4 is 15.2 Å². The van der Waals surface area contributed by atoms with Crippen LogP contribution in [0.2, 0.25) is 0 Å². The minimum Gasteiger partial charge on any atom is -0.479 e. The maximum atomic E-state index is 5.72. The van der Waals surface area contributed by atoms with Crippen LogP contribution in [0, 0.1) is 0 Å². The lowest BCUT2D eigenvalue weighted by Gasteiger charge is -2.13. The van der Waals surface area contributed by atoms with Crippen LogP contribution in [0.3, 0.4) is 0 Å². The van der Waals surface area contributed by atoms with Crippen LogP contribution in [0.15, 0.2) is 6.33 Å². The Labute approximate surface area is 83.3 Å². The molecule has 1 unspecified atom stereocenters. The van der Waals surface area contributed by atoms with Gasteiger partial charge in [-0.05, 0) is 13.3 Å². The minimum atomic E-state index is 0.0805. The number of methoxy groups -OCH3 is 1. The van der Waals surface area contributed by atoms with Crippen LogP contribution in [0.1, 0.15) is 20.3 Å². The molecule has 0 saturated carbocycles. The highest BCUT2D eigenvalue weighted by Gasteiger charge is 2.11. The number of nitrogens with zero attached hydrogens (tertiary/aromatic N) is 2. The molecule has 78 valence electrons. The van der Waals surface area contributed by atoms with E-state index in [4.69, 9.17) is 15.2 Å². The van der Waals surface area contributed by atoms with Crippen molar-refractivity contribution in [3.05, 3.63) is 6.33 Å². The van der Waals surface area contributed by atoms with E-state index in [2.05, 4.69) is 9.97 Å². The van der Waals surface area contributed by atoms with Gasteiger partial charge in [0.25, 0.3) is 0 Å². The molecular weight excluding hydrogens is 182 g/mol. The van der Waals surface area contributed by atoms with Crippen LogP contribution in [0.5, 0.6) is 11.8 Å². The van der Waals surface area contributed by atoms with Crippen molar-refractivity contribution in [1.29, 1.82) is 0 Å². The van der Waals surface area contributed by atoms with Crippen molar-refractivity contribution in [2.45, 2.75) is 26.4 Å². The molecule has 5 nitrogen and oxygen atoms in total. The molecular formula is C9H15N3O2. The zero-order chi connectivity index (χ0) is 10.6. The summed E-state index contributed by atoms with van der Waals surface area (Å²) in [5.41, 5.74) is 6.06. The second-order valence-electron chi connectivity index (χ2n) is 2.94. The van der Waals surface area contributed by atoms with Gasteiger partial charge in [-0.25, -0.2) is 0 Å². The highest BCUT2D eigenvalue weighted by Crippen LogP contribution is 2.26. The lowest BCUT2D eigenvalue weighted by atomic mass is 10.3. The van der Waals surface area contributed by atoms with Gasteiger partial charge in [0.05, 0.1) is 13.2 Å². The third-order valence-electron chi connectivity index (χ3n) is 1.89. The minimum absolute atomic E-state index is 0.0805. The van der Waals surface area contributed by atoms with Gasteiger partial charge in [0.2, 0.25) is 11.8 Å². The fraction of sp³-hybridized carbons (Fsp3) is 0.556. The van der Waals surface area contributed by atoms with Gasteiger partial charge in [0.1, 0.15) is 6.33 Å². The average Bonchev–Trinajstić information content (AvgIpc) is 2.21. The van der Waals surface area contributed by atoms with E-state index in [1.165, 1.54) is 13.4 Å². The normalized spacial score (nSPS) is 12.2. The first-order valence-electron chi connectivity index (χ1n) is 4.50. The Morgan fingerprint density at radius 3 is 2.64 bits per heavy atom. The summed E-state index contributed by atoms with van der Waals surface area (Å²) in [4.78, 5) is 7.79. The summed E-state index contributed by atoms with van der Waals surface area (Å²) in [7, 11) is 1.51. The van der Waals surface area contributed by atoms with Gasteiger partial charge in [-0.3, -0.25) is 0 Å². The molecule has 0 aliphatic carbocycles. The van der Waals surface area contributed by atoms with E-state index in [-0.39, 0.29) is 6.10 Å². The number of rotatable bonds is 4. The van der Waals surface area contributed by atoms with E-state index in [0.29, 0.717) is 17.4 Å². The summed E-state index contributed by atoms with van der Waals surface area (Å²) < 4.78 is 10.4. The monoisotopic (exact) mass is 197 g/mol. The molecule has 0 aromatic carbocycles. The molecule has 0 saturated heterocycles. The maximum absolute atomic E-state index is 5.72. The summed E-state index contributed by atoms with van der Waals surface area (Å²) in [6.45, 7) is 3.98. The zero-order valence-electron chi connectivity index (χ0n) is 8.65. The predicted molar refractivity (Wildman–Crippen MR) is 53.4 cm³/mol. The molecule has 0 spiro atoms. The Hall–Kier alpha value is -1.52. The van der Waals surface area contributed by atoms with Crippen LogP contribution in [0.25, 0.3) is 0 Å². The Kier molecular flexibility index (Phi) is 3.50. The van der Waals surface area contributed by atoms with Gasteiger partial charge in [0, 0.05) is 0 Å². The van der Waals surface area contributed by atoms with E-state index in [0.717, 1.165) is 6.42 Å². The molecule has 0 bridgehead atoms. The van der Waals surface area contributed by atoms with E-state index < -0.39 is 0 Å². The van der Waals surface area contributed by atoms with Crippen LogP contribution in [0.4, 0.5) is 5.69 Å². The van der Waals surface area contributed by atoms with E-state index in [1.807, 2.05) is 13.8 Å². The van der Waals surface area contributed by atoms with Gasteiger partial charge in [-0.1, -0.05) is 6.92 Å². The third kappa shape index (κ3) is 2.25. The number of nitrogen functional groups attached to an aromatic ring is 1. The van der Waals surface area contributed by atoms with Crippen LogP contribution in [-0.4, -0.2) is 23.2 Å². The maximum Gasteiger partial charge on any atom is 0.244 e. The van der Waals surface area contributed by atoms with E-state index in [9.17, 15) is 0 Å². The third-order valence-corrected chi connectivity index (χ3v) is 1.89. The largest absolute Gasteiger partial charge is 0.479 e. The lowest BCUT2D eigenvalue weighted by Crippen LogP contribution is -2.13. The molecule has 14 heavy (non-hydrogen) atoms. The van der Waals surface area contributed by atoms with Gasteiger partial charge in [-0.15, -0.1) is 0 Å². The second-order valence-corrected chi connectivity index (χ2v) is 2.94. The SMILES string of the molecule is CCC(C)Oc1ncnc(OC)c1N. The topological polar surface area (TPSA) is 70.3 Å². The molecule has 2 N–H and O–H groups in total. The number of nitrogens with two attached hydrogens (primary N) is 1. The van der Waals surface area contributed by atoms with Gasteiger partial charge >= 0.3 is 0 Å². The summed E-state index contributed by atoms with van der Waals surface area (Å²) >= 11 is 0. The Bertz CT molecular complexity index is 304. The molecule has 0 aliphatic rings. The first kappa shape index (κ1) is 10.6. The molecule has 1 aromatic heterocycles. The standard InChI is InChI=1S/C9H15N3O2/c1-4-6(2)14-9-7(10)8(13-3)11-5-12-9/h5-6H,4,10H2,1-3H3. The zero-order valence-corrected chi connectivity index (χ0v) is 8.65. The van der Waals surface area contributed by atoms with Gasteiger partial charge in [0.15, 0.2) is 5.69 Å². The molecule has 5 heteroatoms. The van der Waals surface area contributed by atoms with Crippen molar-refractivity contribution in [3.63, 3.8) is 0 Å². The fourth-order valence-corrected chi connectivity index (χ4v) is 0.895. The lowest BCUT2D eigenvalue weighted by molar-refractivity contribution is 0.208. The molecule has 0 radical (unpaired) electrons. The van der Waals surface area contributed by atoms with Crippen LogP contribution in [-0.2, 0) is 0 Å². The molecule has 1 heterocycles. The van der Waals surface area contributed by atoms with E-state index in [1.54, 1.807) is 0 Å². The van der Waals surface area contributed by atoms with Gasteiger partial charge in [-0.2, -0.15) is 9.97 Å². The van der Waals surface area contributed by atoms with Crippen molar-refractivity contribution in [2.24, 2.45) is 0 Å². The van der Waals surface area contributed by atoms with Crippen molar-refractivity contribution < 1.29 is 9.47 Å². The van der Waals surface area contributed by atoms with E-state index >= 15 is 0 Å². The summed E-state index contributed by atoms with van der Waals surface area (Å²) in [6.07, 6.45) is 2.34. The molecule has 0 aliphatic heterocycles. The molecule has 0 amide bonds. The van der Waals surface area contributed by atoms with Crippen molar-refractivity contribution in [1.82, 2.24) is 9.97 Å². The Balaban J connectivity index is 2.86. The average molecular weight is 197 g/mol. The number of hydrogen-bond donors (Lipinski definition) is 1. The van der Waals surface area contributed by atoms with Crippen molar-refractivity contribution in [3.8, 4) is 11.8 Å². The van der Waals surface area contributed by atoms with Gasteiger partial charge < -0.3 is 15.2 Å². The number of hydrogen-bond acceptors (Lipinski definition) is 5. The quantitative estimate of drug-likeness (QED) is 0.786. The smallest absolute Gasteiger partial charge is 0.244 e. The Morgan fingerprint density at radius 1 is 1.43 bits per heavy atom.